The number of hydrogen-bond donors (Lipinski definition) is 1. The van der Waals surface area contributed by atoms with E-state index in [0.717, 1.165) is 5.56 Å². The molecule has 1 aliphatic rings. The molecule has 1 heterocycles. The first-order valence-electron chi connectivity index (χ1n) is 8.19. The third kappa shape index (κ3) is 3.45. The highest BCUT2D eigenvalue weighted by molar-refractivity contribution is 5.94. The van der Waals surface area contributed by atoms with E-state index in [-0.39, 0.29) is 11.4 Å². The summed E-state index contributed by atoms with van der Waals surface area (Å²) in [5.74, 6) is -0.397. The Morgan fingerprint density at radius 3 is 2.33 bits per heavy atom. The molecule has 1 aliphatic heterocycles. The Labute approximate surface area is 143 Å². The second kappa shape index (κ2) is 6.67. The Hall–Kier alpha value is -2.30. The Morgan fingerprint density at radius 2 is 1.83 bits per heavy atom. The van der Waals surface area contributed by atoms with Crippen molar-refractivity contribution in [3.63, 3.8) is 0 Å². The number of allylic oxidation sites excluding steroid dienone is 1. The number of amides is 2. The molecule has 2 amide bonds. The van der Waals surface area contributed by atoms with Crippen LogP contribution >= 0.6 is 0 Å². The predicted molar refractivity (Wildman–Crippen MR) is 93.5 cm³/mol. The zero-order chi connectivity index (χ0) is 18.1. The van der Waals surface area contributed by atoms with Crippen molar-refractivity contribution in [2.24, 2.45) is 0 Å². The predicted octanol–water partition coefficient (Wildman–Crippen LogP) is 3.52. The molecule has 0 saturated heterocycles. The minimum atomic E-state index is -0.498. The van der Waals surface area contributed by atoms with Gasteiger partial charge in [0.1, 0.15) is 0 Å². The summed E-state index contributed by atoms with van der Waals surface area (Å²) >= 11 is 0. The molecule has 0 saturated carbocycles. The van der Waals surface area contributed by atoms with Crippen LogP contribution in [0, 0.1) is 0 Å². The molecule has 1 N–H and O–H groups in total. The van der Waals surface area contributed by atoms with Gasteiger partial charge < -0.3 is 15.0 Å². The molecular weight excluding hydrogens is 304 g/mol. The van der Waals surface area contributed by atoms with Gasteiger partial charge in [-0.05, 0) is 30.4 Å². The molecule has 2 rings (SSSR count). The van der Waals surface area contributed by atoms with Gasteiger partial charge in [-0.1, -0.05) is 45.0 Å². The van der Waals surface area contributed by atoms with E-state index in [4.69, 9.17) is 4.74 Å². The average molecular weight is 330 g/mol. The zero-order valence-corrected chi connectivity index (χ0v) is 15.3. The van der Waals surface area contributed by atoms with E-state index in [1.807, 2.05) is 24.3 Å². The van der Waals surface area contributed by atoms with Gasteiger partial charge in [0.2, 0.25) is 0 Å². The first-order valence-corrected chi connectivity index (χ1v) is 8.19. The fraction of sp³-hybridized carbons (Fsp3) is 0.474. The van der Waals surface area contributed by atoms with Crippen LogP contribution in [-0.4, -0.2) is 30.6 Å². The highest BCUT2D eigenvalue weighted by atomic mass is 16.5. The zero-order valence-electron chi connectivity index (χ0n) is 15.3. The molecule has 5 heteroatoms. The van der Waals surface area contributed by atoms with Gasteiger partial charge in [0.15, 0.2) is 0 Å². The summed E-state index contributed by atoms with van der Waals surface area (Å²) in [7, 11) is 1.64. The van der Waals surface area contributed by atoms with Crippen molar-refractivity contribution in [1.82, 2.24) is 10.2 Å². The number of nitrogens with zero attached hydrogens (tertiary/aromatic N) is 1. The maximum Gasteiger partial charge on any atom is 0.338 e. The van der Waals surface area contributed by atoms with Gasteiger partial charge in [0.05, 0.1) is 18.2 Å². The van der Waals surface area contributed by atoms with E-state index in [1.54, 1.807) is 20.9 Å². The molecule has 24 heavy (non-hydrogen) atoms. The minimum absolute atomic E-state index is 0.0459. The highest BCUT2D eigenvalue weighted by Gasteiger charge is 2.34. The molecule has 0 fully saturated rings. The van der Waals surface area contributed by atoms with E-state index in [0.29, 0.717) is 17.9 Å². The van der Waals surface area contributed by atoms with Crippen LogP contribution in [-0.2, 0) is 14.9 Å². The number of nitrogens with one attached hydrogen (secondary N) is 1. The van der Waals surface area contributed by atoms with Crippen LogP contribution in [0.1, 0.15) is 51.8 Å². The smallest absolute Gasteiger partial charge is 0.338 e. The Balaban J connectivity index is 2.46. The molecule has 0 unspecified atom stereocenters. The SMILES string of the molecule is CCOC(=O)C1=C(C)N(C)C(=O)N[C@H]1c1ccc(C(C)(C)C)cc1. The van der Waals surface area contributed by atoms with Crippen molar-refractivity contribution >= 4 is 12.0 Å². The number of benzene rings is 1. The van der Waals surface area contributed by atoms with Crippen LogP contribution in [0.3, 0.4) is 0 Å². The van der Waals surface area contributed by atoms with E-state index in [1.165, 1.54) is 10.5 Å². The van der Waals surface area contributed by atoms with Crippen LogP contribution in [0.25, 0.3) is 0 Å². The first kappa shape index (κ1) is 18.0. The van der Waals surface area contributed by atoms with Gasteiger partial charge in [0, 0.05) is 12.7 Å². The van der Waals surface area contributed by atoms with Gasteiger partial charge in [-0.25, -0.2) is 9.59 Å². The van der Waals surface area contributed by atoms with Gasteiger partial charge in [0.25, 0.3) is 0 Å². The summed E-state index contributed by atoms with van der Waals surface area (Å²) < 4.78 is 5.19. The fourth-order valence-electron chi connectivity index (χ4n) is 2.73. The van der Waals surface area contributed by atoms with Crippen molar-refractivity contribution < 1.29 is 14.3 Å². The third-order valence-electron chi connectivity index (χ3n) is 4.36. The maximum atomic E-state index is 12.4. The lowest BCUT2D eigenvalue weighted by Crippen LogP contribution is -2.46. The van der Waals surface area contributed by atoms with Crippen LogP contribution < -0.4 is 5.32 Å². The summed E-state index contributed by atoms with van der Waals surface area (Å²) in [4.78, 5) is 26.0. The Bertz CT molecular complexity index is 669. The number of carbonyl (C=O) groups excluding carboxylic acids is 2. The number of esters is 1. The summed E-state index contributed by atoms with van der Waals surface area (Å²) in [5, 5.41) is 2.89. The van der Waals surface area contributed by atoms with Crippen molar-refractivity contribution in [2.75, 3.05) is 13.7 Å². The standard InChI is InChI=1S/C19H26N2O3/c1-7-24-17(22)15-12(2)21(6)18(23)20-16(15)13-8-10-14(11-9-13)19(3,4)5/h8-11,16H,7H2,1-6H3,(H,20,23)/t16-/m0/s1. The molecule has 5 nitrogen and oxygen atoms in total. The quantitative estimate of drug-likeness (QED) is 0.863. The van der Waals surface area contributed by atoms with Gasteiger partial charge in [-0.15, -0.1) is 0 Å². The summed E-state index contributed by atoms with van der Waals surface area (Å²) in [6.45, 7) is 10.3. The molecule has 130 valence electrons. The fourth-order valence-corrected chi connectivity index (χ4v) is 2.73. The lowest BCUT2D eigenvalue weighted by molar-refractivity contribution is -0.139. The summed E-state index contributed by atoms with van der Waals surface area (Å²) in [5.41, 5.74) is 3.20. The molecule has 0 spiro atoms. The average Bonchev–Trinajstić information content (AvgIpc) is 2.51. The first-order chi connectivity index (χ1) is 11.2. The van der Waals surface area contributed by atoms with Crippen LogP contribution in [0.2, 0.25) is 0 Å². The Kier molecular flexibility index (Phi) is 5.02. The number of ether oxygens (including phenoxy) is 1. The molecule has 0 aromatic heterocycles. The molecule has 1 atom stereocenters. The second-order valence-electron chi connectivity index (χ2n) is 7.03. The van der Waals surface area contributed by atoms with E-state index < -0.39 is 12.0 Å². The molecule has 1 aromatic carbocycles. The molecule has 0 bridgehead atoms. The second-order valence-corrected chi connectivity index (χ2v) is 7.03. The number of hydrogen-bond acceptors (Lipinski definition) is 3. The topological polar surface area (TPSA) is 58.6 Å². The van der Waals surface area contributed by atoms with E-state index >= 15 is 0 Å². The summed E-state index contributed by atoms with van der Waals surface area (Å²) in [6, 6.07) is 7.27. The van der Waals surface area contributed by atoms with Crippen molar-refractivity contribution in [2.45, 2.75) is 46.1 Å². The van der Waals surface area contributed by atoms with Gasteiger partial charge >= 0.3 is 12.0 Å². The highest BCUT2D eigenvalue weighted by Crippen LogP contribution is 2.32. The van der Waals surface area contributed by atoms with Gasteiger partial charge in [-0.2, -0.15) is 0 Å². The normalized spacial score (nSPS) is 18.5. The van der Waals surface area contributed by atoms with Crippen LogP contribution in [0.4, 0.5) is 4.79 Å². The monoisotopic (exact) mass is 330 g/mol. The molecule has 0 aliphatic carbocycles. The number of rotatable bonds is 3. The molecular formula is C19H26N2O3. The van der Waals surface area contributed by atoms with E-state index in [9.17, 15) is 9.59 Å². The van der Waals surface area contributed by atoms with Gasteiger partial charge in [-0.3, -0.25) is 0 Å². The minimum Gasteiger partial charge on any atom is -0.463 e. The number of carbonyl (C=O) groups is 2. The lowest BCUT2D eigenvalue weighted by atomic mass is 9.85. The van der Waals surface area contributed by atoms with E-state index in [2.05, 4.69) is 26.1 Å². The Morgan fingerprint density at radius 1 is 1.25 bits per heavy atom. The lowest BCUT2D eigenvalue weighted by Gasteiger charge is -2.33. The van der Waals surface area contributed by atoms with Crippen molar-refractivity contribution in [1.29, 1.82) is 0 Å². The largest absolute Gasteiger partial charge is 0.463 e. The number of urea groups is 1. The maximum absolute atomic E-state index is 12.4. The van der Waals surface area contributed by atoms with Crippen molar-refractivity contribution in [3.8, 4) is 0 Å². The van der Waals surface area contributed by atoms with Crippen LogP contribution in [0.15, 0.2) is 35.5 Å². The summed E-state index contributed by atoms with van der Waals surface area (Å²) in [6.07, 6.45) is 0. The molecule has 1 aromatic rings. The van der Waals surface area contributed by atoms with Crippen LogP contribution in [0.5, 0.6) is 0 Å². The molecule has 0 radical (unpaired) electrons. The van der Waals surface area contributed by atoms with Crippen molar-refractivity contribution in [3.05, 3.63) is 46.7 Å². The third-order valence-corrected chi connectivity index (χ3v) is 4.36.